The van der Waals surface area contributed by atoms with Gasteiger partial charge in [0.2, 0.25) is 0 Å². The van der Waals surface area contributed by atoms with Gasteiger partial charge in [-0.2, -0.15) is 0 Å². The first kappa shape index (κ1) is 16.1. The summed E-state index contributed by atoms with van der Waals surface area (Å²) >= 11 is 1.76. The van der Waals surface area contributed by atoms with Crippen LogP contribution in [0.4, 0.5) is 5.82 Å². The molecular weight excluding hydrogens is 324 g/mol. The van der Waals surface area contributed by atoms with E-state index in [2.05, 4.69) is 22.9 Å². The molecule has 0 aliphatic carbocycles. The molecule has 0 aromatic carbocycles. The summed E-state index contributed by atoms with van der Waals surface area (Å²) in [5.74, 6) is 0.985. The van der Waals surface area contributed by atoms with Crippen molar-refractivity contribution in [3.05, 3.63) is 18.3 Å². The summed E-state index contributed by atoms with van der Waals surface area (Å²) in [6, 6.07) is 4.31. The molecule has 4 heterocycles. The zero-order valence-electron chi connectivity index (χ0n) is 13.9. The Morgan fingerprint density at radius 3 is 2.88 bits per heavy atom. The largest absolute Gasteiger partial charge is 0.381 e. The molecule has 7 heteroatoms. The normalized spacial score (nSPS) is 22.9. The first-order valence-electron chi connectivity index (χ1n) is 8.53. The van der Waals surface area contributed by atoms with Gasteiger partial charge in [0.05, 0.1) is 24.6 Å². The van der Waals surface area contributed by atoms with Crippen LogP contribution in [-0.4, -0.2) is 59.2 Å². The minimum Gasteiger partial charge on any atom is -0.381 e. The fraction of sp³-hybridized carbons (Fsp3) is 0.588. The molecule has 0 bridgehead atoms. The van der Waals surface area contributed by atoms with Crippen molar-refractivity contribution in [1.29, 1.82) is 0 Å². The van der Waals surface area contributed by atoms with Crippen LogP contribution < -0.4 is 4.90 Å². The van der Waals surface area contributed by atoms with Crippen molar-refractivity contribution in [2.24, 2.45) is 0 Å². The van der Waals surface area contributed by atoms with Crippen LogP contribution in [0.2, 0.25) is 0 Å². The summed E-state index contributed by atoms with van der Waals surface area (Å²) in [4.78, 5) is 16.4. The lowest BCUT2D eigenvalue weighted by Gasteiger charge is -2.35. The highest BCUT2D eigenvalue weighted by Gasteiger charge is 2.24. The molecule has 0 spiro atoms. The Balaban J connectivity index is 1.70. The number of aromatic nitrogens is 3. The molecule has 0 saturated carbocycles. The molecule has 2 aromatic heterocycles. The Kier molecular flexibility index (Phi) is 4.82. The summed E-state index contributed by atoms with van der Waals surface area (Å²) in [7, 11) is 0. The molecule has 24 heavy (non-hydrogen) atoms. The van der Waals surface area contributed by atoms with Gasteiger partial charge in [-0.15, -0.1) is 0 Å². The number of anilines is 1. The number of hydrogen-bond acceptors (Lipinski definition) is 7. The number of fused-ring (bicyclic) bond motifs is 1. The van der Waals surface area contributed by atoms with E-state index in [0.717, 1.165) is 67.8 Å². The molecule has 2 fully saturated rings. The fourth-order valence-electron chi connectivity index (χ4n) is 3.18. The number of thioether (sulfide) groups is 1. The van der Waals surface area contributed by atoms with Crippen LogP contribution in [-0.2, 0) is 9.47 Å². The van der Waals surface area contributed by atoms with E-state index in [4.69, 9.17) is 19.4 Å². The molecule has 0 radical (unpaired) electrons. The highest BCUT2D eigenvalue weighted by Crippen LogP contribution is 2.32. The maximum absolute atomic E-state index is 5.58. The minimum absolute atomic E-state index is 0.304. The molecule has 2 aromatic rings. The molecule has 4 rings (SSSR count). The maximum atomic E-state index is 5.58. The van der Waals surface area contributed by atoms with E-state index in [-0.39, 0.29) is 0 Å². The van der Waals surface area contributed by atoms with E-state index in [0.29, 0.717) is 11.3 Å². The number of nitrogens with zero attached hydrogens (tertiary/aromatic N) is 4. The molecule has 2 aliphatic heterocycles. The van der Waals surface area contributed by atoms with Crippen molar-refractivity contribution < 1.29 is 9.47 Å². The SMILES string of the molecule is C[C@H]1COCCN1c1nc(SC2CCOCC2)nc2ncccc12. The number of rotatable bonds is 3. The third-order valence-corrected chi connectivity index (χ3v) is 5.71. The third-order valence-electron chi connectivity index (χ3n) is 4.51. The summed E-state index contributed by atoms with van der Waals surface area (Å²) in [5.41, 5.74) is 0.774. The van der Waals surface area contributed by atoms with Crippen LogP contribution in [0.5, 0.6) is 0 Å². The highest BCUT2D eigenvalue weighted by molar-refractivity contribution is 7.99. The van der Waals surface area contributed by atoms with Gasteiger partial charge in [-0.3, -0.25) is 0 Å². The van der Waals surface area contributed by atoms with E-state index >= 15 is 0 Å². The van der Waals surface area contributed by atoms with Gasteiger partial charge in [0, 0.05) is 31.2 Å². The minimum atomic E-state index is 0.304. The zero-order valence-corrected chi connectivity index (χ0v) is 14.7. The monoisotopic (exact) mass is 346 g/mol. The van der Waals surface area contributed by atoms with Crippen LogP contribution in [0.3, 0.4) is 0 Å². The van der Waals surface area contributed by atoms with Crippen LogP contribution >= 0.6 is 11.8 Å². The predicted molar refractivity (Wildman–Crippen MR) is 94.7 cm³/mol. The van der Waals surface area contributed by atoms with E-state index in [1.54, 1.807) is 18.0 Å². The highest BCUT2D eigenvalue weighted by atomic mass is 32.2. The lowest BCUT2D eigenvalue weighted by molar-refractivity contribution is 0.0985. The summed E-state index contributed by atoms with van der Waals surface area (Å²) in [6.45, 7) is 6.15. The topological polar surface area (TPSA) is 60.4 Å². The van der Waals surface area contributed by atoms with Gasteiger partial charge in [-0.25, -0.2) is 15.0 Å². The molecule has 0 N–H and O–H groups in total. The second-order valence-electron chi connectivity index (χ2n) is 6.25. The Labute approximate surface area is 146 Å². The number of morpholine rings is 1. The lowest BCUT2D eigenvalue weighted by Crippen LogP contribution is -2.44. The molecule has 128 valence electrons. The van der Waals surface area contributed by atoms with E-state index in [9.17, 15) is 0 Å². The lowest BCUT2D eigenvalue weighted by atomic mass is 10.2. The van der Waals surface area contributed by atoms with Crippen molar-refractivity contribution in [3.8, 4) is 0 Å². The van der Waals surface area contributed by atoms with Gasteiger partial charge in [0.25, 0.3) is 0 Å². The summed E-state index contributed by atoms with van der Waals surface area (Å²) < 4.78 is 11.0. The van der Waals surface area contributed by atoms with Gasteiger partial charge >= 0.3 is 0 Å². The Morgan fingerprint density at radius 1 is 1.17 bits per heavy atom. The van der Waals surface area contributed by atoms with Crippen molar-refractivity contribution in [2.75, 3.05) is 37.9 Å². The van der Waals surface area contributed by atoms with E-state index in [1.807, 2.05) is 6.07 Å². The van der Waals surface area contributed by atoms with E-state index < -0.39 is 0 Å². The van der Waals surface area contributed by atoms with Crippen LogP contribution in [0.25, 0.3) is 11.0 Å². The van der Waals surface area contributed by atoms with Crippen LogP contribution in [0, 0.1) is 0 Å². The van der Waals surface area contributed by atoms with Crippen LogP contribution in [0.15, 0.2) is 23.5 Å². The molecular formula is C17H22N4O2S. The van der Waals surface area contributed by atoms with Gasteiger partial charge in [-0.05, 0) is 31.9 Å². The first-order chi connectivity index (χ1) is 11.8. The smallest absolute Gasteiger partial charge is 0.191 e. The quantitative estimate of drug-likeness (QED) is 0.791. The van der Waals surface area contributed by atoms with Crippen molar-refractivity contribution in [3.63, 3.8) is 0 Å². The molecule has 6 nitrogen and oxygen atoms in total. The Bertz CT molecular complexity index is 708. The Hall–Kier alpha value is -1.44. The van der Waals surface area contributed by atoms with Crippen molar-refractivity contribution in [2.45, 2.75) is 36.2 Å². The van der Waals surface area contributed by atoms with Crippen LogP contribution in [0.1, 0.15) is 19.8 Å². The number of pyridine rings is 1. The zero-order chi connectivity index (χ0) is 16.4. The van der Waals surface area contributed by atoms with Gasteiger partial charge in [0.15, 0.2) is 10.8 Å². The second-order valence-corrected chi connectivity index (χ2v) is 7.52. The fourth-order valence-corrected chi connectivity index (χ4v) is 4.19. The van der Waals surface area contributed by atoms with Crippen molar-refractivity contribution in [1.82, 2.24) is 15.0 Å². The molecule has 2 aliphatic rings. The average molecular weight is 346 g/mol. The standard InChI is InChI=1S/C17H22N4O2S/c1-12-11-23-10-7-21(12)16-14-3-2-6-18-15(14)19-17(20-16)24-13-4-8-22-9-5-13/h2-3,6,12-13H,4-5,7-11H2,1H3/t12-/m0/s1. The molecule has 1 atom stereocenters. The molecule has 0 unspecified atom stereocenters. The molecule has 0 amide bonds. The predicted octanol–water partition coefficient (Wildman–Crippen LogP) is 2.52. The second kappa shape index (κ2) is 7.21. The number of ether oxygens (including phenoxy) is 2. The maximum Gasteiger partial charge on any atom is 0.191 e. The van der Waals surface area contributed by atoms with Gasteiger partial charge < -0.3 is 14.4 Å². The third kappa shape index (κ3) is 3.34. The van der Waals surface area contributed by atoms with Gasteiger partial charge in [-0.1, -0.05) is 11.8 Å². The van der Waals surface area contributed by atoms with E-state index in [1.165, 1.54) is 0 Å². The Morgan fingerprint density at radius 2 is 2.04 bits per heavy atom. The van der Waals surface area contributed by atoms with Crippen molar-refractivity contribution >= 4 is 28.6 Å². The summed E-state index contributed by atoms with van der Waals surface area (Å²) in [6.07, 6.45) is 3.90. The number of hydrogen-bond donors (Lipinski definition) is 0. The van der Waals surface area contributed by atoms with Gasteiger partial charge in [0.1, 0.15) is 5.82 Å². The summed E-state index contributed by atoms with van der Waals surface area (Å²) in [5, 5.41) is 2.36. The molecule has 2 saturated heterocycles. The average Bonchev–Trinajstić information content (AvgIpc) is 2.62. The first-order valence-corrected chi connectivity index (χ1v) is 9.41.